The summed E-state index contributed by atoms with van der Waals surface area (Å²) >= 11 is 9.41. The average molecular weight is 495 g/mol. The fraction of sp³-hybridized carbons (Fsp3) is 0.136. The maximum atomic E-state index is 13.8. The van der Waals surface area contributed by atoms with Crippen molar-refractivity contribution in [3.8, 4) is 11.5 Å². The zero-order chi connectivity index (χ0) is 21.7. The Morgan fingerprint density at radius 3 is 2.60 bits per heavy atom. The van der Waals surface area contributed by atoms with Crippen LogP contribution < -0.4 is 14.8 Å². The first-order valence-electron chi connectivity index (χ1n) is 8.88. The molecule has 156 valence electrons. The molecular weight excluding hydrogens is 477 g/mol. The molecule has 5 nitrogen and oxygen atoms in total. The van der Waals surface area contributed by atoms with E-state index < -0.39 is 5.97 Å². The van der Waals surface area contributed by atoms with Crippen LogP contribution in [-0.2, 0) is 13.2 Å². The Kier molecular flexibility index (Phi) is 7.18. The van der Waals surface area contributed by atoms with Crippen LogP contribution in [0.5, 0.6) is 11.5 Å². The second-order valence-electron chi connectivity index (χ2n) is 6.33. The van der Waals surface area contributed by atoms with Crippen molar-refractivity contribution in [2.24, 2.45) is 0 Å². The van der Waals surface area contributed by atoms with Gasteiger partial charge in [0, 0.05) is 22.3 Å². The molecule has 0 aliphatic carbocycles. The van der Waals surface area contributed by atoms with Gasteiger partial charge in [0.2, 0.25) is 0 Å². The van der Waals surface area contributed by atoms with E-state index in [9.17, 15) is 14.3 Å². The molecule has 0 unspecified atom stereocenters. The summed E-state index contributed by atoms with van der Waals surface area (Å²) in [6, 6.07) is 14.7. The molecule has 3 aromatic rings. The number of ether oxygens (including phenoxy) is 2. The molecule has 0 heterocycles. The first-order chi connectivity index (χ1) is 14.4. The lowest BCUT2D eigenvalue weighted by atomic mass is 10.1. The van der Waals surface area contributed by atoms with Gasteiger partial charge in [0.15, 0.2) is 11.5 Å². The third-order valence-corrected chi connectivity index (χ3v) is 5.42. The lowest BCUT2D eigenvalue weighted by molar-refractivity contribution is 0.0697. The molecule has 30 heavy (non-hydrogen) atoms. The smallest absolute Gasteiger partial charge is 0.337 e. The Labute approximate surface area is 186 Å². The molecule has 0 radical (unpaired) electrons. The Morgan fingerprint density at radius 2 is 1.90 bits per heavy atom. The number of anilines is 1. The molecule has 3 rings (SSSR count). The maximum absolute atomic E-state index is 13.8. The van der Waals surface area contributed by atoms with Crippen molar-refractivity contribution >= 4 is 39.2 Å². The summed E-state index contributed by atoms with van der Waals surface area (Å²) in [6.45, 7) is 0.459. The fourth-order valence-electron chi connectivity index (χ4n) is 2.75. The number of hydrogen-bond donors (Lipinski definition) is 2. The highest BCUT2D eigenvalue weighted by Gasteiger charge is 2.13. The van der Waals surface area contributed by atoms with Gasteiger partial charge < -0.3 is 19.9 Å². The highest BCUT2D eigenvalue weighted by Crippen LogP contribution is 2.34. The summed E-state index contributed by atoms with van der Waals surface area (Å²) in [4.78, 5) is 11.2. The molecule has 0 amide bonds. The standard InChI is InChI=1S/C22H18BrClFNO4/c1-29-20-8-14(11-26-15-6-7-18(24)16(9-15)22(27)28)17(23)10-21(20)30-12-13-4-2-3-5-19(13)25/h2-10,26H,11-12H2,1H3,(H,27,28). The zero-order valence-corrected chi connectivity index (χ0v) is 18.3. The van der Waals surface area contributed by atoms with Crippen LogP contribution >= 0.6 is 27.5 Å². The van der Waals surface area contributed by atoms with Gasteiger partial charge >= 0.3 is 5.97 Å². The van der Waals surface area contributed by atoms with Crippen molar-refractivity contribution in [3.05, 3.63) is 86.6 Å². The minimum absolute atomic E-state index is 0.0233. The molecule has 0 fully saturated rings. The van der Waals surface area contributed by atoms with Crippen molar-refractivity contribution in [2.45, 2.75) is 13.2 Å². The number of benzene rings is 3. The number of nitrogens with one attached hydrogen (secondary N) is 1. The van der Waals surface area contributed by atoms with Gasteiger partial charge in [-0.2, -0.15) is 0 Å². The van der Waals surface area contributed by atoms with Gasteiger partial charge in [0.25, 0.3) is 0 Å². The molecule has 3 aromatic carbocycles. The number of hydrogen-bond acceptors (Lipinski definition) is 4. The predicted molar refractivity (Wildman–Crippen MR) is 117 cm³/mol. The Bertz CT molecular complexity index is 1080. The molecule has 0 bridgehead atoms. The molecule has 0 spiro atoms. The molecule has 0 aromatic heterocycles. The van der Waals surface area contributed by atoms with Crippen LogP contribution in [0, 0.1) is 5.82 Å². The van der Waals surface area contributed by atoms with E-state index in [2.05, 4.69) is 21.2 Å². The van der Waals surface area contributed by atoms with Crippen molar-refractivity contribution in [1.29, 1.82) is 0 Å². The van der Waals surface area contributed by atoms with Crippen LogP contribution in [0.2, 0.25) is 5.02 Å². The van der Waals surface area contributed by atoms with Gasteiger partial charge in [0.1, 0.15) is 12.4 Å². The average Bonchev–Trinajstić information content (AvgIpc) is 2.73. The lowest BCUT2D eigenvalue weighted by Crippen LogP contribution is -2.05. The molecule has 2 N–H and O–H groups in total. The van der Waals surface area contributed by atoms with E-state index in [1.165, 1.54) is 25.3 Å². The summed E-state index contributed by atoms with van der Waals surface area (Å²) in [5, 5.41) is 12.5. The third kappa shape index (κ3) is 5.23. The summed E-state index contributed by atoms with van der Waals surface area (Å²) in [7, 11) is 1.52. The van der Waals surface area contributed by atoms with Gasteiger partial charge in [-0.05, 0) is 42.0 Å². The van der Waals surface area contributed by atoms with E-state index in [0.29, 0.717) is 29.3 Å². The summed E-state index contributed by atoms with van der Waals surface area (Å²) in [6.07, 6.45) is 0. The molecule has 0 saturated heterocycles. The van der Waals surface area contributed by atoms with Crippen LogP contribution in [-0.4, -0.2) is 18.2 Å². The van der Waals surface area contributed by atoms with Crippen LogP contribution in [0.4, 0.5) is 10.1 Å². The predicted octanol–water partition coefficient (Wildman–Crippen LogP) is 6.14. The van der Waals surface area contributed by atoms with E-state index in [-0.39, 0.29) is 23.0 Å². The fourth-order valence-corrected chi connectivity index (χ4v) is 3.41. The largest absolute Gasteiger partial charge is 0.493 e. The number of rotatable bonds is 8. The van der Waals surface area contributed by atoms with E-state index in [1.807, 2.05) is 0 Å². The number of halogens is 3. The number of aromatic carboxylic acids is 1. The topological polar surface area (TPSA) is 67.8 Å². The lowest BCUT2D eigenvalue weighted by Gasteiger charge is -2.15. The highest BCUT2D eigenvalue weighted by molar-refractivity contribution is 9.10. The molecule has 0 saturated carbocycles. The Hall–Kier alpha value is -2.77. The van der Waals surface area contributed by atoms with Crippen LogP contribution in [0.1, 0.15) is 21.5 Å². The first kappa shape index (κ1) is 21.9. The number of methoxy groups -OCH3 is 1. The van der Waals surface area contributed by atoms with E-state index in [4.69, 9.17) is 21.1 Å². The molecule has 8 heteroatoms. The second-order valence-corrected chi connectivity index (χ2v) is 7.59. The van der Waals surface area contributed by atoms with Gasteiger partial charge in [-0.15, -0.1) is 0 Å². The van der Waals surface area contributed by atoms with E-state index >= 15 is 0 Å². The number of carbonyl (C=O) groups is 1. The van der Waals surface area contributed by atoms with Crippen LogP contribution in [0.15, 0.2) is 59.1 Å². The summed E-state index contributed by atoms with van der Waals surface area (Å²) in [5.74, 6) is -0.465. The Balaban J connectivity index is 1.74. The second kappa shape index (κ2) is 9.82. The summed E-state index contributed by atoms with van der Waals surface area (Å²) < 4.78 is 25.7. The van der Waals surface area contributed by atoms with Crippen molar-refractivity contribution < 1.29 is 23.8 Å². The van der Waals surface area contributed by atoms with Crippen molar-refractivity contribution in [1.82, 2.24) is 0 Å². The van der Waals surface area contributed by atoms with Gasteiger partial charge in [-0.1, -0.05) is 45.7 Å². The normalized spacial score (nSPS) is 10.5. The van der Waals surface area contributed by atoms with Gasteiger partial charge in [-0.3, -0.25) is 0 Å². The van der Waals surface area contributed by atoms with E-state index in [1.54, 1.807) is 36.4 Å². The van der Waals surface area contributed by atoms with Crippen LogP contribution in [0.3, 0.4) is 0 Å². The quantitative estimate of drug-likeness (QED) is 0.394. The Morgan fingerprint density at radius 1 is 1.13 bits per heavy atom. The summed E-state index contributed by atoms with van der Waals surface area (Å²) in [5.41, 5.74) is 1.94. The number of carboxylic acid groups (broad SMARTS) is 1. The zero-order valence-electron chi connectivity index (χ0n) is 15.9. The maximum Gasteiger partial charge on any atom is 0.337 e. The molecule has 0 atom stereocenters. The van der Waals surface area contributed by atoms with Crippen LogP contribution in [0.25, 0.3) is 0 Å². The van der Waals surface area contributed by atoms with Gasteiger partial charge in [-0.25, -0.2) is 9.18 Å². The molecule has 0 aliphatic rings. The monoisotopic (exact) mass is 493 g/mol. The molecular formula is C22H18BrClFNO4. The number of carboxylic acids is 1. The molecule has 0 aliphatic heterocycles. The van der Waals surface area contributed by atoms with Crippen molar-refractivity contribution in [2.75, 3.05) is 12.4 Å². The van der Waals surface area contributed by atoms with Gasteiger partial charge in [0.05, 0.1) is 17.7 Å². The highest BCUT2D eigenvalue weighted by atomic mass is 79.9. The van der Waals surface area contributed by atoms with Crippen molar-refractivity contribution in [3.63, 3.8) is 0 Å². The first-order valence-corrected chi connectivity index (χ1v) is 10.1. The minimum Gasteiger partial charge on any atom is -0.493 e. The minimum atomic E-state index is -1.09. The third-order valence-electron chi connectivity index (χ3n) is 4.35. The van der Waals surface area contributed by atoms with E-state index in [0.717, 1.165) is 10.0 Å². The SMILES string of the molecule is COc1cc(CNc2ccc(Cl)c(C(=O)O)c2)c(Br)cc1OCc1ccccc1F.